The number of allylic oxidation sites excluding steroid dienone is 3. The van der Waals surface area contributed by atoms with Crippen LogP contribution in [-0.4, -0.2) is 11.3 Å². The van der Waals surface area contributed by atoms with Crippen molar-refractivity contribution in [2.24, 2.45) is 4.99 Å². The molecule has 96 valence electrons. The van der Waals surface area contributed by atoms with Crippen LogP contribution in [0, 0.1) is 0 Å². The summed E-state index contributed by atoms with van der Waals surface area (Å²) >= 11 is 1.69. The average molecular weight is 259 g/mol. The van der Waals surface area contributed by atoms with Gasteiger partial charge in [0.25, 0.3) is 0 Å². The van der Waals surface area contributed by atoms with Crippen LogP contribution >= 0.6 is 11.8 Å². The lowest BCUT2D eigenvalue weighted by molar-refractivity contribution is 1.32. The molecule has 2 heteroatoms. The summed E-state index contributed by atoms with van der Waals surface area (Å²) in [5, 5.41) is 1.07. The van der Waals surface area contributed by atoms with Crippen LogP contribution in [0.3, 0.4) is 0 Å². The first kappa shape index (κ1) is 14.8. The lowest BCUT2D eigenvalue weighted by Gasteiger charge is -2.08. The Labute approximate surface area is 115 Å². The van der Waals surface area contributed by atoms with E-state index in [9.17, 15) is 0 Å². The average Bonchev–Trinajstić information content (AvgIpc) is 2.34. The molecular formula is C16H21NS. The van der Waals surface area contributed by atoms with Crippen molar-refractivity contribution in [3.63, 3.8) is 0 Å². The number of aliphatic imine (C=N–C) groups is 1. The van der Waals surface area contributed by atoms with Crippen LogP contribution < -0.4 is 0 Å². The number of hydrogen-bond acceptors (Lipinski definition) is 2. The number of rotatable bonds is 3. The molecule has 1 rings (SSSR count). The topological polar surface area (TPSA) is 12.4 Å². The van der Waals surface area contributed by atoms with Crippen molar-refractivity contribution >= 4 is 22.5 Å². The van der Waals surface area contributed by atoms with Crippen molar-refractivity contribution in [1.82, 2.24) is 0 Å². The molecule has 0 heterocycles. The first-order chi connectivity index (χ1) is 8.54. The summed E-state index contributed by atoms with van der Waals surface area (Å²) in [4.78, 5) is 4.73. The number of thioether (sulfide) groups is 1. The zero-order valence-corrected chi connectivity index (χ0v) is 12.6. The van der Waals surface area contributed by atoms with E-state index in [0.717, 1.165) is 10.7 Å². The van der Waals surface area contributed by atoms with Gasteiger partial charge in [-0.15, -0.1) is 11.8 Å². The highest BCUT2D eigenvalue weighted by atomic mass is 32.2. The number of benzene rings is 1. The summed E-state index contributed by atoms with van der Waals surface area (Å²) in [6.07, 6.45) is 4.27. The van der Waals surface area contributed by atoms with Gasteiger partial charge < -0.3 is 0 Å². The maximum Gasteiger partial charge on any atom is 0.104 e. The normalized spacial score (nSPS) is 11.1. The number of hydrogen-bond donors (Lipinski definition) is 0. The zero-order valence-electron chi connectivity index (χ0n) is 11.8. The lowest BCUT2D eigenvalue weighted by Crippen LogP contribution is -1.97. The summed E-state index contributed by atoms with van der Waals surface area (Å²) in [5.74, 6) is 0. The molecule has 1 nitrogen and oxygen atoms in total. The Bertz CT molecular complexity index is 473. The molecule has 0 amide bonds. The van der Waals surface area contributed by atoms with Crippen LogP contribution in [-0.2, 0) is 0 Å². The van der Waals surface area contributed by atoms with Crippen LogP contribution in [0.25, 0.3) is 0 Å². The van der Waals surface area contributed by atoms with Crippen molar-refractivity contribution in [2.45, 2.75) is 27.7 Å². The molecule has 18 heavy (non-hydrogen) atoms. The molecule has 0 spiro atoms. The van der Waals surface area contributed by atoms with E-state index in [2.05, 4.69) is 40.0 Å². The van der Waals surface area contributed by atoms with Gasteiger partial charge in [-0.25, -0.2) is 4.99 Å². The molecule has 0 bridgehead atoms. The summed E-state index contributed by atoms with van der Waals surface area (Å²) in [6, 6.07) is 10.1. The Morgan fingerprint density at radius 3 is 2.11 bits per heavy atom. The molecule has 0 radical (unpaired) electrons. The van der Waals surface area contributed by atoms with Gasteiger partial charge in [0.05, 0.1) is 5.69 Å². The van der Waals surface area contributed by atoms with Gasteiger partial charge in [0, 0.05) is 5.57 Å². The number of para-hydroxylation sites is 1. The quantitative estimate of drug-likeness (QED) is 0.403. The largest absolute Gasteiger partial charge is 0.241 e. The van der Waals surface area contributed by atoms with Crippen molar-refractivity contribution in [2.75, 3.05) is 6.26 Å². The molecule has 0 fully saturated rings. The fourth-order valence-corrected chi connectivity index (χ4v) is 2.22. The number of nitrogens with zero attached hydrogens (tertiary/aromatic N) is 1. The molecule has 0 atom stereocenters. The van der Waals surface area contributed by atoms with Gasteiger partial charge in [-0.1, -0.05) is 35.4 Å². The van der Waals surface area contributed by atoms with E-state index in [-0.39, 0.29) is 0 Å². The Kier molecular flexibility index (Phi) is 5.93. The second kappa shape index (κ2) is 7.22. The Balaban J connectivity index is 3.20. The third-order valence-electron chi connectivity index (χ3n) is 2.38. The Hall–Kier alpha value is -1.28. The van der Waals surface area contributed by atoms with E-state index in [0.29, 0.717) is 0 Å². The second-order valence-electron chi connectivity index (χ2n) is 4.59. The molecule has 0 N–H and O–H groups in total. The molecular weight excluding hydrogens is 238 g/mol. The zero-order chi connectivity index (χ0) is 13.5. The first-order valence-electron chi connectivity index (χ1n) is 6.05. The second-order valence-corrected chi connectivity index (χ2v) is 5.39. The molecule has 0 aromatic heterocycles. The van der Waals surface area contributed by atoms with Crippen molar-refractivity contribution in [1.29, 1.82) is 0 Å². The van der Waals surface area contributed by atoms with Crippen LogP contribution in [0.15, 0.2) is 58.1 Å². The summed E-state index contributed by atoms with van der Waals surface area (Å²) < 4.78 is 0. The van der Waals surface area contributed by atoms with Gasteiger partial charge in [-0.05, 0) is 46.1 Å². The maximum absolute atomic E-state index is 4.73. The minimum Gasteiger partial charge on any atom is -0.241 e. The third-order valence-corrected chi connectivity index (χ3v) is 3.08. The fraction of sp³-hybridized carbons (Fsp3) is 0.312. The third kappa shape index (κ3) is 4.53. The minimum absolute atomic E-state index is 1.00. The predicted octanol–water partition coefficient (Wildman–Crippen LogP) is 5.38. The Morgan fingerprint density at radius 2 is 1.67 bits per heavy atom. The molecule has 0 saturated carbocycles. The minimum atomic E-state index is 1.00. The maximum atomic E-state index is 4.73. The highest BCUT2D eigenvalue weighted by Crippen LogP contribution is 2.21. The van der Waals surface area contributed by atoms with Crippen LogP contribution in [0.1, 0.15) is 27.7 Å². The van der Waals surface area contributed by atoms with E-state index in [1.165, 1.54) is 16.7 Å². The molecule has 0 saturated heterocycles. The van der Waals surface area contributed by atoms with E-state index in [1.54, 1.807) is 11.8 Å². The monoisotopic (exact) mass is 259 g/mol. The SMILES string of the molecule is CSC(=Nc1ccccc1)C(C=C(C)C)=C(C)C. The van der Waals surface area contributed by atoms with Crippen molar-refractivity contribution in [3.05, 3.63) is 53.1 Å². The highest BCUT2D eigenvalue weighted by Gasteiger charge is 2.05. The summed E-state index contributed by atoms with van der Waals surface area (Å²) in [5.41, 5.74) is 4.82. The summed E-state index contributed by atoms with van der Waals surface area (Å²) in [6.45, 7) is 8.49. The van der Waals surface area contributed by atoms with Gasteiger partial charge in [-0.3, -0.25) is 0 Å². The molecule has 1 aromatic carbocycles. The molecule has 1 aromatic rings. The van der Waals surface area contributed by atoms with E-state index in [1.807, 2.05) is 30.3 Å². The summed E-state index contributed by atoms with van der Waals surface area (Å²) in [7, 11) is 0. The van der Waals surface area contributed by atoms with Gasteiger partial charge in [0.1, 0.15) is 5.04 Å². The van der Waals surface area contributed by atoms with Crippen LogP contribution in [0.2, 0.25) is 0 Å². The molecule has 0 aliphatic carbocycles. The smallest absolute Gasteiger partial charge is 0.104 e. The van der Waals surface area contributed by atoms with Gasteiger partial charge in [0.2, 0.25) is 0 Å². The Morgan fingerprint density at radius 1 is 1.06 bits per heavy atom. The fourth-order valence-electron chi connectivity index (χ4n) is 1.54. The van der Waals surface area contributed by atoms with Gasteiger partial charge in [0.15, 0.2) is 0 Å². The lowest BCUT2D eigenvalue weighted by atomic mass is 10.1. The predicted molar refractivity (Wildman–Crippen MR) is 84.9 cm³/mol. The van der Waals surface area contributed by atoms with E-state index in [4.69, 9.17) is 4.99 Å². The van der Waals surface area contributed by atoms with E-state index >= 15 is 0 Å². The first-order valence-corrected chi connectivity index (χ1v) is 7.27. The van der Waals surface area contributed by atoms with Gasteiger partial charge >= 0.3 is 0 Å². The standard InChI is InChI=1S/C16H21NS/c1-12(2)11-15(13(3)4)16(18-5)17-14-9-7-6-8-10-14/h6-11H,1-5H3. The van der Waals surface area contributed by atoms with E-state index < -0.39 is 0 Å². The molecule has 0 unspecified atom stereocenters. The highest BCUT2D eigenvalue weighted by molar-refractivity contribution is 8.13. The van der Waals surface area contributed by atoms with Crippen molar-refractivity contribution in [3.8, 4) is 0 Å². The van der Waals surface area contributed by atoms with Crippen LogP contribution in [0.5, 0.6) is 0 Å². The molecule has 0 aliphatic rings. The molecule has 0 aliphatic heterocycles. The van der Waals surface area contributed by atoms with Crippen LogP contribution in [0.4, 0.5) is 5.69 Å². The van der Waals surface area contributed by atoms with Gasteiger partial charge in [-0.2, -0.15) is 0 Å². The van der Waals surface area contributed by atoms with Crippen molar-refractivity contribution < 1.29 is 0 Å².